The minimum atomic E-state index is 0.470. The Morgan fingerprint density at radius 2 is 2.14 bits per heavy atom. The Balaban J connectivity index is 3.01. The summed E-state index contributed by atoms with van der Waals surface area (Å²) in [5.41, 5.74) is 1.63. The van der Waals surface area contributed by atoms with Crippen LogP contribution in [0.1, 0.15) is 11.3 Å². The highest BCUT2D eigenvalue weighted by Gasteiger charge is 2.06. The van der Waals surface area contributed by atoms with Gasteiger partial charge in [0.15, 0.2) is 0 Å². The third-order valence-corrected chi connectivity index (χ3v) is 2.86. The van der Waals surface area contributed by atoms with Gasteiger partial charge < -0.3 is 0 Å². The Bertz CT molecular complexity index is 541. The van der Waals surface area contributed by atoms with Crippen LogP contribution in [0.25, 0.3) is 10.8 Å². The number of hydrogen-bond acceptors (Lipinski definition) is 2. The zero-order valence-corrected chi connectivity index (χ0v) is 9.17. The number of halogens is 1. The molecule has 2 nitrogen and oxygen atoms in total. The first-order chi connectivity index (χ1) is 6.74. The van der Waals surface area contributed by atoms with Crippen LogP contribution in [0, 0.1) is 18.3 Å². The molecule has 3 heteroatoms. The van der Waals surface area contributed by atoms with Gasteiger partial charge in [0.05, 0.1) is 0 Å². The number of benzene rings is 1. The van der Waals surface area contributed by atoms with Crippen molar-refractivity contribution < 1.29 is 0 Å². The molecule has 14 heavy (non-hydrogen) atoms. The molecule has 1 aromatic heterocycles. The molecule has 0 unspecified atom stereocenters. The molecule has 0 bridgehead atoms. The monoisotopic (exact) mass is 246 g/mol. The van der Waals surface area contributed by atoms with Crippen LogP contribution in [0.3, 0.4) is 0 Å². The summed E-state index contributed by atoms with van der Waals surface area (Å²) in [6.07, 6.45) is 1.67. The Hall–Kier alpha value is -1.40. The van der Waals surface area contributed by atoms with E-state index in [9.17, 15) is 0 Å². The van der Waals surface area contributed by atoms with Crippen molar-refractivity contribution in [2.75, 3.05) is 0 Å². The lowest BCUT2D eigenvalue weighted by Crippen LogP contribution is -1.87. The molecule has 0 amide bonds. The van der Waals surface area contributed by atoms with E-state index in [0.717, 1.165) is 20.8 Å². The van der Waals surface area contributed by atoms with Crippen LogP contribution >= 0.6 is 15.9 Å². The number of aryl methyl sites for hydroxylation is 1. The summed E-state index contributed by atoms with van der Waals surface area (Å²) >= 11 is 3.43. The fourth-order valence-electron chi connectivity index (χ4n) is 1.49. The molecule has 1 heterocycles. The molecule has 0 spiro atoms. The lowest BCUT2D eigenvalue weighted by atomic mass is 10.1. The second-order valence-electron chi connectivity index (χ2n) is 3.06. The van der Waals surface area contributed by atoms with Crippen molar-refractivity contribution in [3.8, 4) is 6.07 Å². The minimum Gasteiger partial charge on any atom is -0.245 e. The molecular formula is C11H7BrN2. The highest BCUT2D eigenvalue weighted by atomic mass is 79.9. The zero-order chi connectivity index (χ0) is 10.1. The van der Waals surface area contributed by atoms with Gasteiger partial charge in [-0.05, 0) is 30.0 Å². The van der Waals surface area contributed by atoms with Gasteiger partial charge in [0.2, 0.25) is 0 Å². The Morgan fingerprint density at radius 3 is 2.86 bits per heavy atom. The molecule has 2 aromatic rings. The first kappa shape index (κ1) is 9.17. The van der Waals surface area contributed by atoms with Crippen LogP contribution in [0.5, 0.6) is 0 Å². The molecule has 1 aromatic carbocycles. The van der Waals surface area contributed by atoms with Gasteiger partial charge in [0, 0.05) is 16.1 Å². The maximum atomic E-state index is 8.92. The average Bonchev–Trinajstić information content (AvgIpc) is 2.23. The fourth-order valence-corrected chi connectivity index (χ4v) is 2.02. The first-order valence-electron chi connectivity index (χ1n) is 4.18. The molecule has 0 saturated carbocycles. The molecule has 0 saturated heterocycles. The standard InChI is InChI=1S/C11H7BrN2/c1-7-2-3-9(12)11-8(7)4-5-14-10(11)6-13/h2-5H,1H3. The third kappa shape index (κ3) is 1.28. The number of pyridine rings is 1. The van der Waals surface area contributed by atoms with E-state index < -0.39 is 0 Å². The quantitative estimate of drug-likeness (QED) is 0.716. The van der Waals surface area contributed by atoms with E-state index >= 15 is 0 Å². The van der Waals surface area contributed by atoms with Gasteiger partial charge in [-0.25, -0.2) is 4.98 Å². The number of aromatic nitrogens is 1. The molecule has 0 atom stereocenters. The topological polar surface area (TPSA) is 36.7 Å². The molecule has 0 aliphatic heterocycles. The second kappa shape index (κ2) is 3.39. The normalized spacial score (nSPS) is 10.1. The molecule has 68 valence electrons. The molecular weight excluding hydrogens is 240 g/mol. The number of fused-ring (bicyclic) bond motifs is 1. The molecule has 0 N–H and O–H groups in total. The van der Waals surface area contributed by atoms with Gasteiger partial charge in [0.1, 0.15) is 11.8 Å². The van der Waals surface area contributed by atoms with Crippen LogP contribution < -0.4 is 0 Å². The number of hydrogen-bond donors (Lipinski definition) is 0. The summed E-state index contributed by atoms with van der Waals surface area (Å²) in [5, 5.41) is 10.9. The largest absolute Gasteiger partial charge is 0.245 e. The number of nitriles is 1. The summed E-state index contributed by atoms with van der Waals surface area (Å²) in [6.45, 7) is 2.02. The van der Waals surface area contributed by atoms with Crippen molar-refractivity contribution >= 4 is 26.7 Å². The Kier molecular flexibility index (Phi) is 2.22. The van der Waals surface area contributed by atoms with E-state index in [1.807, 2.05) is 25.1 Å². The van der Waals surface area contributed by atoms with Crippen molar-refractivity contribution in [1.29, 1.82) is 5.26 Å². The summed E-state index contributed by atoms with van der Waals surface area (Å²) in [7, 11) is 0. The lowest BCUT2D eigenvalue weighted by molar-refractivity contribution is 1.29. The molecule has 0 radical (unpaired) electrons. The zero-order valence-electron chi connectivity index (χ0n) is 7.58. The maximum Gasteiger partial charge on any atom is 0.149 e. The van der Waals surface area contributed by atoms with Crippen LogP contribution in [0.4, 0.5) is 0 Å². The van der Waals surface area contributed by atoms with Crippen LogP contribution in [0.15, 0.2) is 28.9 Å². The Morgan fingerprint density at radius 1 is 1.36 bits per heavy atom. The first-order valence-corrected chi connectivity index (χ1v) is 4.97. The van der Waals surface area contributed by atoms with Gasteiger partial charge in [-0.3, -0.25) is 0 Å². The van der Waals surface area contributed by atoms with E-state index in [2.05, 4.69) is 27.0 Å². The highest BCUT2D eigenvalue weighted by Crippen LogP contribution is 2.28. The van der Waals surface area contributed by atoms with E-state index in [1.165, 1.54) is 0 Å². The molecule has 2 rings (SSSR count). The van der Waals surface area contributed by atoms with Crippen LogP contribution in [0.2, 0.25) is 0 Å². The van der Waals surface area contributed by atoms with E-state index in [1.54, 1.807) is 6.20 Å². The summed E-state index contributed by atoms with van der Waals surface area (Å²) in [5.74, 6) is 0. The molecule has 0 aliphatic rings. The average molecular weight is 247 g/mol. The SMILES string of the molecule is Cc1ccc(Br)c2c(C#N)nccc12. The summed E-state index contributed by atoms with van der Waals surface area (Å²) in [4.78, 5) is 4.04. The van der Waals surface area contributed by atoms with E-state index in [0.29, 0.717) is 5.69 Å². The van der Waals surface area contributed by atoms with Crippen LogP contribution in [-0.4, -0.2) is 4.98 Å². The smallest absolute Gasteiger partial charge is 0.149 e. The third-order valence-electron chi connectivity index (χ3n) is 2.20. The fraction of sp³-hybridized carbons (Fsp3) is 0.0909. The van der Waals surface area contributed by atoms with Crippen molar-refractivity contribution in [2.24, 2.45) is 0 Å². The predicted octanol–water partition coefficient (Wildman–Crippen LogP) is 3.18. The van der Waals surface area contributed by atoms with E-state index in [-0.39, 0.29) is 0 Å². The summed E-state index contributed by atoms with van der Waals surface area (Å²) in [6, 6.07) is 7.99. The van der Waals surface area contributed by atoms with E-state index in [4.69, 9.17) is 5.26 Å². The maximum absolute atomic E-state index is 8.92. The Labute approximate surface area is 90.3 Å². The second-order valence-corrected chi connectivity index (χ2v) is 3.91. The van der Waals surface area contributed by atoms with Crippen molar-refractivity contribution in [1.82, 2.24) is 4.98 Å². The number of rotatable bonds is 0. The van der Waals surface area contributed by atoms with Gasteiger partial charge >= 0.3 is 0 Å². The van der Waals surface area contributed by atoms with Gasteiger partial charge in [0.25, 0.3) is 0 Å². The summed E-state index contributed by atoms with van der Waals surface area (Å²) < 4.78 is 0.919. The van der Waals surface area contributed by atoms with Gasteiger partial charge in [-0.15, -0.1) is 0 Å². The van der Waals surface area contributed by atoms with Crippen molar-refractivity contribution in [2.45, 2.75) is 6.92 Å². The number of nitrogens with zero attached hydrogens (tertiary/aromatic N) is 2. The lowest BCUT2D eigenvalue weighted by Gasteiger charge is -2.04. The molecule has 0 fully saturated rings. The van der Waals surface area contributed by atoms with Crippen molar-refractivity contribution in [3.63, 3.8) is 0 Å². The van der Waals surface area contributed by atoms with Crippen LogP contribution in [-0.2, 0) is 0 Å². The highest BCUT2D eigenvalue weighted by molar-refractivity contribution is 9.10. The predicted molar refractivity (Wildman–Crippen MR) is 58.9 cm³/mol. The minimum absolute atomic E-state index is 0.470. The molecule has 0 aliphatic carbocycles. The van der Waals surface area contributed by atoms with Crippen molar-refractivity contribution in [3.05, 3.63) is 40.1 Å². The van der Waals surface area contributed by atoms with Gasteiger partial charge in [-0.1, -0.05) is 22.0 Å². The van der Waals surface area contributed by atoms with Gasteiger partial charge in [-0.2, -0.15) is 5.26 Å².